The van der Waals surface area contributed by atoms with Crippen LogP contribution in [0.4, 0.5) is 0 Å². The minimum Gasteiger partial charge on any atom is -0.342 e. The Labute approximate surface area is 157 Å². The number of aromatic nitrogens is 3. The van der Waals surface area contributed by atoms with Crippen molar-refractivity contribution in [1.29, 1.82) is 0 Å². The van der Waals surface area contributed by atoms with Crippen LogP contribution in [0, 0.1) is 0 Å². The lowest BCUT2D eigenvalue weighted by atomic mass is 9.96. The second-order valence-corrected chi connectivity index (χ2v) is 7.50. The van der Waals surface area contributed by atoms with Gasteiger partial charge in [0.25, 0.3) is 0 Å². The molecule has 3 aromatic rings. The summed E-state index contributed by atoms with van der Waals surface area (Å²) in [6, 6.07) is 7.99. The number of amides is 1. The predicted molar refractivity (Wildman–Crippen MR) is 102 cm³/mol. The van der Waals surface area contributed by atoms with E-state index in [0.29, 0.717) is 6.42 Å². The second-order valence-electron chi connectivity index (χ2n) is 6.72. The maximum Gasteiger partial charge on any atom is 0.227 e. The number of rotatable bonds is 5. The molecule has 0 N–H and O–H groups in total. The summed E-state index contributed by atoms with van der Waals surface area (Å²) in [5.41, 5.74) is 2.13. The molecule has 0 aromatic carbocycles. The molecular formula is C20H22N4OS. The minimum absolute atomic E-state index is 0.218. The maximum absolute atomic E-state index is 12.6. The molecule has 1 fully saturated rings. The van der Waals surface area contributed by atoms with Crippen LogP contribution in [0.5, 0.6) is 0 Å². The molecule has 134 valence electrons. The third-order valence-corrected chi connectivity index (χ3v) is 5.61. The van der Waals surface area contributed by atoms with E-state index in [4.69, 9.17) is 0 Å². The van der Waals surface area contributed by atoms with E-state index in [1.807, 2.05) is 53.1 Å². The van der Waals surface area contributed by atoms with Crippen LogP contribution in [0.3, 0.4) is 0 Å². The van der Waals surface area contributed by atoms with E-state index in [1.165, 1.54) is 0 Å². The first-order valence-electron chi connectivity index (χ1n) is 8.99. The van der Waals surface area contributed by atoms with E-state index in [0.717, 1.165) is 49.6 Å². The molecule has 1 unspecified atom stereocenters. The van der Waals surface area contributed by atoms with Gasteiger partial charge in [0.2, 0.25) is 5.91 Å². The molecular weight excluding hydrogens is 344 g/mol. The number of hydrogen-bond acceptors (Lipinski definition) is 4. The summed E-state index contributed by atoms with van der Waals surface area (Å²) < 4.78 is 2.17. The van der Waals surface area contributed by atoms with Crippen LogP contribution >= 0.6 is 11.3 Å². The first-order chi connectivity index (χ1) is 12.8. The number of nitrogens with zero attached hydrogens (tertiary/aromatic N) is 4. The van der Waals surface area contributed by atoms with Crippen LogP contribution in [0.25, 0.3) is 0 Å². The maximum atomic E-state index is 12.6. The van der Waals surface area contributed by atoms with Gasteiger partial charge in [0.15, 0.2) is 0 Å². The Kier molecular flexibility index (Phi) is 5.11. The molecule has 1 atom stereocenters. The van der Waals surface area contributed by atoms with Crippen molar-refractivity contribution in [3.05, 3.63) is 70.7 Å². The van der Waals surface area contributed by atoms with Crippen LogP contribution in [-0.2, 0) is 17.8 Å². The molecule has 0 saturated carbocycles. The molecule has 1 aliphatic rings. The van der Waals surface area contributed by atoms with Gasteiger partial charge in [-0.15, -0.1) is 0 Å². The van der Waals surface area contributed by atoms with Crippen LogP contribution in [0.1, 0.15) is 35.8 Å². The molecule has 4 heterocycles. The number of likely N-dealkylation sites (tertiary alicyclic amines) is 1. The molecule has 0 radical (unpaired) electrons. The fourth-order valence-electron chi connectivity index (χ4n) is 3.57. The summed E-state index contributed by atoms with van der Waals surface area (Å²) in [6.45, 7) is 2.32. The largest absolute Gasteiger partial charge is 0.342 e. The topological polar surface area (TPSA) is 51.0 Å². The lowest BCUT2D eigenvalue weighted by Crippen LogP contribution is -2.40. The Morgan fingerprint density at radius 1 is 1.23 bits per heavy atom. The fraction of sp³-hybridized carbons (Fsp3) is 0.350. The average Bonchev–Trinajstić information content (AvgIpc) is 3.35. The summed E-state index contributed by atoms with van der Waals surface area (Å²) >= 11 is 1.64. The van der Waals surface area contributed by atoms with Crippen molar-refractivity contribution in [3.63, 3.8) is 0 Å². The van der Waals surface area contributed by atoms with Gasteiger partial charge in [-0.25, -0.2) is 4.98 Å². The number of imidazole rings is 1. The molecule has 6 heteroatoms. The van der Waals surface area contributed by atoms with Gasteiger partial charge in [0, 0.05) is 37.6 Å². The Bertz CT molecular complexity index is 844. The zero-order chi connectivity index (χ0) is 17.8. The Balaban J connectivity index is 1.45. The standard InChI is InChI=1S/C20H22N4OS/c25-19(12-16-6-11-26-15-16)23-9-3-4-17(13-23)20-22-8-10-24(20)14-18-5-1-2-7-21-18/h1-2,5-8,10-11,15,17H,3-4,9,12-14H2. The number of carbonyl (C=O) groups is 1. The zero-order valence-electron chi connectivity index (χ0n) is 14.6. The van der Waals surface area contributed by atoms with Gasteiger partial charge >= 0.3 is 0 Å². The summed E-state index contributed by atoms with van der Waals surface area (Å²) in [5.74, 6) is 1.56. The molecule has 1 amide bonds. The molecule has 4 rings (SSSR count). The lowest BCUT2D eigenvalue weighted by molar-refractivity contribution is -0.131. The average molecular weight is 366 g/mol. The SMILES string of the molecule is O=C(Cc1ccsc1)N1CCCC(c2nccn2Cc2ccccn2)C1. The van der Waals surface area contributed by atoms with Crippen LogP contribution in [-0.4, -0.2) is 38.4 Å². The number of pyridine rings is 1. The number of carbonyl (C=O) groups excluding carboxylic acids is 1. The van der Waals surface area contributed by atoms with Crippen molar-refractivity contribution in [3.8, 4) is 0 Å². The van der Waals surface area contributed by atoms with E-state index in [9.17, 15) is 4.79 Å². The van der Waals surface area contributed by atoms with E-state index < -0.39 is 0 Å². The van der Waals surface area contributed by atoms with Crippen LogP contribution in [0.15, 0.2) is 53.6 Å². The molecule has 0 bridgehead atoms. The second kappa shape index (κ2) is 7.83. The molecule has 0 spiro atoms. The molecule has 26 heavy (non-hydrogen) atoms. The van der Waals surface area contributed by atoms with Crippen molar-refractivity contribution >= 4 is 17.2 Å². The van der Waals surface area contributed by atoms with Gasteiger partial charge in [-0.1, -0.05) is 6.07 Å². The fourth-order valence-corrected chi connectivity index (χ4v) is 4.24. The smallest absolute Gasteiger partial charge is 0.227 e. The molecule has 1 saturated heterocycles. The van der Waals surface area contributed by atoms with Gasteiger partial charge in [0.05, 0.1) is 18.7 Å². The van der Waals surface area contributed by atoms with Crippen LogP contribution < -0.4 is 0 Å². The minimum atomic E-state index is 0.218. The summed E-state index contributed by atoms with van der Waals surface area (Å²) in [6.07, 6.45) is 8.27. The van der Waals surface area contributed by atoms with Gasteiger partial charge in [-0.05, 0) is 47.4 Å². The summed E-state index contributed by atoms with van der Waals surface area (Å²) in [4.78, 5) is 23.7. The predicted octanol–water partition coefficient (Wildman–Crippen LogP) is 3.34. The highest BCUT2D eigenvalue weighted by atomic mass is 32.1. The Morgan fingerprint density at radius 2 is 2.19 bits per heavy atom. The highest BCUT2D eigenvalue weighted by molar-refractivity contribution is 7.08. The summed E-state index contributed by atoms with van der Waals surface area (Å²) in [7, 11) is 0. The molecule has 5 nitrogen and oxygen atoms in total. The highest BCUT2D eigenvalue weighted by Crippen LogP contribution is 2.26. The number of thiophene rings is 1. The van der Waals surface area contributed by atoms with Crippen molar-refractivity contribution in [2.45, 2.75) is 31.7 Å². The molecule has 1 aliphatic heterocycles. The highest BCUT2D eigenvalue weighted by Gasteiger charge is 2.27. The van der Waals surface area contributed by atoms with Crippen molar-refractivity contribution in [2.24, 2.45) is 0 Å². The van der Waals surface area contributed by atoms with Crippen molar-refractivity contribution in [1.82, 2.24) is 19.4 Å². The first-order valence-corrected chi connectivity index (χ1v) is 9.93. The van der Waals surface area contributed by atoms with Gasteiger partial charge in [0.1, 0.15) is 5.82 Å². The zero-order valence-corrected chi connectivity index (χ0v) is 15.4. The van der Waals surface area contributed by atoms with E-state index >= 15 is 0 Å². The first kappa shape index (κ1) is 17.0. The molecule has 0 aliphatic carbocycles. The van der Waals surface area contributed by atoms with Gasteiger partial charge in [-0.2, -0.15) is 11.3 Å². The Hall–Kier alpha value is -2.47. The van der Waals surface area contributed by atoms with Crippen molar-refractivity contribution in [2.75, 3.05) is 13.1 Å². The van der Waals surface area contributed by atoms with E-state index in [1.54, 1.807) is 11.3 Å². The normalized spacial score (nSPS) is 17.4. The number of piperidine rings is 1. The summed E-state index contributed by atoms with van der Waals surface area (Å²) in [5, 5.41) is 4.08. The molecule has 3 aromatic heterocycles. The van der Waals surface area contributed by atoms with Crippen molar-refractivity contribution < 1.29 is 4.79 Å². The quantitative estimate of drug-likeness (QED) is 0.696. The lowest BCUT2D eigenvalue weighted by Gasteiger charge is -2.32. The third kappa shape index (κ3) is 3.85. The Morgan fingerprint density at radius 3 is 3.00 bits per heavy atom. The third-order valence-electron chi connectivity index (χ3n) is 4.88. The van der Waals surface area contributed by atoms with E-state index in [2.05, 4.69) is 19.9 Å². The van der Waals surface area contributed by atoms with E-state index in [-0.39, 0.29) is 11.8 Å². The monoisotopic (exact) mass is 366 g/mol. The van der Waals surface area contributed by atoms with Gasteiger partial charge < -0.3 is 9.47 Å². The van der Waals surface area contributed by atoms with Crippen LogP contribution in [0.2, 0.25) is 0 Å². The van der Waals surface area contributed by atoms with Gasteiger partial charge in [-0.3, -0.25) is 9.78 Å². The number of hydrogen-bond donors (Lipinski definition) is 0.